The predicted molar refractivity (Wildman–Crippen MR) is 208 cm³/mol. The van der Waals surface area contributed by atoms with E-state index in [1.165, 1.54) is 0 Å². The Morgan fingerprint density at radius 1 is 0.833 bits per heavy atom. The van der Waals surface area contributed by atoms with Crippen LogP contribution in [0.15, 0.2) is 24.3 Å². The molecule has 13 heteroatoms. The summed E-state index contributed by atoms with van der Waals surface area (Å²) in [6.45, 7) is 12.3. The lowest BCUT2D eigenvalue weighted by atomic mass is 9.81. The molecule has 54 heavy (non-hydrogen) atoms. The Hall–Kier alpha value is -0.560. The Morgan fingerprint density at radius 3 is 2.35 bits per heavy atom. The third-order valence-electron chi connectivity index (χ3n) is 13.3. The van der Waals surface area contributed by atoms with Crippen LogP contribution < -0.4 is 5.73 Å². The highest BCUT2D eigenvalue weighted by Gasteiger charge is 2.54. The van der Waals surface area contributed by atoms with E-state index in [2.05, 4.69) is 42.7 Å². The zero-order valence-electron chi connectivity index (χ0n) is 32.1. The maximum absolute atomic E-state index is 14.1. The Kier molecular flexibility index (Phi) is 14.3. The summed E-state index contributed by atoms with van der Waals surface area (Å²) in [5, 5.41) is 21.3. The average molecular weight is 874 g/mol. The lowest BCUT2D eigenvalue weighted by Gasteiger charge is -2.49. The summed E-state index contributed by atoms with van der Waals surface area (Å²) in [5.41, 5.74) is 8.01. The molecule has 6 bridgehead atoms. The van der Waals surface area contributed by atoms with Gasteiger partial charge >= 0.3 is 0 Å². The summed E-state index contributed by atoms with van der Waals surface area (Å²) < 4.78 is 52.1. The Morgan fingerprint density at radius 2 is 1.59 bits per heavy atom. The minimum Gasteiger partial charge on any atom is -0.392 e. The fraction of sp³-hybridized carbons (Fsp3) is 0.878. The van der Waals surface area contributed by atoms with E-state index in [-0.39, 0.29) is 108 Å². The van der Waals surface area contributed by atoms with Crippen LogP contribution in [0.4, 0.5) is 0 Å². The summed E-state index contributed by atoms with van der Waals surface area (Å²) in [7, 11) is 1.65. The fourth-order valence-corrected chi connectivity index (χ4v) is 11.5. The van der Waals surface area contributed by atoms with E-state index >= 15 is 0 Å². The van der Waals surface area contributed by atoms with Gasteiger partial charge in [-0.15, -0.1) is 0 Å². The van der Waals surface area contributed by atoms with Gasteiger partial charge in [0.15, 0.2) is 0 Å². The maximum atomic E-state index is 14.1. The number of aliphatic hydroxyl groups excluding tert-OH is 2. The molecule has 7 saturated heterocycles. The SMILES string of the molecule is C=C1CC2CCCOC3C(I)C(C4OCCC4O)O[C@H]4CCC(CC(=O)CC5[C@@H](OC)C(C[C@H](O)CN)O[C@H]5CC5O[C@@H](CCC1O2)C[C@@H](C)C5=C)O[C@H]34. The van der Waals surface area contributed by atoms with Crippen molar-refractivity contribution in [3.05, 3.63) is 24.3 Å². The minimum atomic E-state index is -0.738. The van der Waals surface area contributed by atoms with E-state index in [4.69, 9.17) is 43.6 Å². The van der Waals surface area contributed by atoms with Gasteiger partial charge in [0.2, 0.25) is 0 Å². The molecular weight excluding hydrogens is 809 g/mol. The normalized spacial score (nSPS) is 47.4. The number of methoxy groups -OCH3 is 1. The molecule has 0 amide bonds. The van der Waals surface area contributed by atoms with Gasteiger partial charge in [-0.1, -0.05) is 42.7 Å². The van der Waals surface area contributed by atoms with E-state index in [1.54, 1.807) is 7.11 Å². The largest absolute Gasteiger partial charge is 0.392 e. The number of ketones is 1. The van der Waals surface area contributed by atoms with Crippen molar-refractivity contribution in [2.24, 2.45) is 17.6 Å². The molecule has 0 aromatic rings. The number of Topliss-reactive ketones (excluding diaryl/α,β-unsaturated/α-hetero) is 1. The van der Waals surface area contributed by atoms with Gasteiger partial charge in [-0.3, -0.25) is 4.79 Å². The Labute approximate surface area is 334 Å². The third-order valence-corrected chi connectivity index (χ3v) is 14.7. The number of carbonyl (C=O) groups excluding carboxylic acids is 1. The van der Waals surface area contributed by atoms with Crippen LogP contribution in [0.1, 0.15) is 90.4 Å². The van der Waals surface area contributed by atoms with E-state index in [0.29, 0.717) is 38.9 Å². The lowest BCUT2D eigenvalue weighted by molar-refractivity contribution is -0.248. The topological polar surface area (TPSA) is 157 Å². The second-order valence-electron chi connectivity index (χ2n) is 17.1. The van der Waals surface area contributed by atoms with Gasteiger partial charge in [0.25, 0.3) is 0 Å². The molecule has 4 N–H and O–H groups in total. The van der Waals surface area contributed by atoms with E-state index in [1.807, 2.05) is 0 Å². The number of halogens is 1. The van der Waals surface area contributed by atoms with Gasteiger partial charge in [-0.05, 0) is 74.9 Å². The number of alkyl halides is 1. The standard InChI is InChI=1S/C41H64INO11/c1-21-14-27-7-9-31-22(2)15-26(50-31)6-5-12-48-40-36(42)41(38-30(46)11-13-49-38)54-32-10-8-28(52-39(32)40)16-24(44)17-29-34(19-33(51-27)23(21)3)53-35(37(29)47-4)18-25(45)20-43/h21,25-41,45-46H,2-3,5-20,43H2,1,4H3/t21-,25+,26?,27+,28?,29?,30?,31?,32+,33?,34+,35?,36?,37-,38?,39+,40?,41?/m1/s1. The molecule has 12 nitrogen and oxygen atoms in total. The molecule has 0 saturated carbocycles. The quantitative estimate of drug-likeness (QED) is 0.207. The number of aliphatic hydroxyl groups is 2. The van der Waals surface area contributed by atoms with Crippen LogP contribution in [0.5, 0.6) is 0 Å². The number of hydrogen-bond donors (Lipinski definition) is 3. The predicted octanol–water partition coefficient (Wildman–Crippen LogP) is 4.13. The van der Waals surface area contributed by atoms with Crippen LogP contribution in [0.2, 0.25) is 0 Å². The van der Waals surface area contributed by atoms with Crippen LogP contribution in [0.3, 0.4) is 0 Å². The maximum Gasteiger partial charge on any atom is 0.135 e. The van der Waals surface area contributed by atoms with Crippen molar-refractivity contribution in [2.45, 2.75) is 186 Å². The van der Waals surface area contributed by atoms with E-state index < -0.39 is 24.4 Å². The Balaban J connectivity index is 1.12. The second kappa shape index (κ2) is 18.6. The number of hydrogen-bond acceptors (Lipinski definition) is 12. The summed E-state index contributed by atoms with van der Waals surface area (Å²) >= 11 is 2.39. The molecule has 306 valence electrons. The molecule has 7 aliphatic rings. The van der Waals surface area contributed by atoms with Gasteiger partial charge in [0.05, 0.1) is 71.1 Å². The first kappa shape index (κ1) is 41.6. The molecule has 7 fully saturated rings. The highest BCUT2D eigenvalue weighted by atomic mass is 127. The zero-order chi connectivity index (χ0) is 38.1. The van der Waals surface area contributed by atoms with E-state index in [0.717, 1.165) is 56.1 Å². The molecule has 0 radical (unpaired) electrons. The number of nitrogens with two attached hydrogens (primary N) is 1. The molecule has 0 aromatic carbocycles. The van der Waals surface area contributed by atoms with Crippen molar-refractivity contribution in [3.63, 3.8) is 0 Å². The van der Waals surface area contributed by atoms with Crippen LogP contribution in [0, 0.1) is 11.8 Å². The first-order valence-electron chi connectivity index (χ1n) is 20.6. The first-order valence-corrected chi connectivity index (χ1v) is 21.9. The Bertz CT molecular complexity index is 1310. The van der Waals surface area contributed by atoms with Gasteiger partial charge in [0.1, 0.15) is 30.2 Å². The molecule has 7 aliphatic heterocycles. The van der Waals surface area contributed by atoms with Crippen molar-refractivity contribution in [3.8, 4) is 0 Å². The number of carbonyl (C=O) groups is 1. The van der Waals surface area contributed by atoms with Crippen molar-refractivity contribution in [1.82, 2.24) is 0 Å². The number of ether oxygens (including phenoxy) is 8. The molecule has 7 rings (SSSR count). The molecule has 18 atom stereocenters. The van der Waals surface area contributed by atoms with Crippen molar-refractivity contribution in [1.29, 1.82) is 0 Å². The number of rotatable bonds is 5. The van der Waals surface area contributed by atoms with Crippen LogP contribution >= 0.6 is 22.6 Å². The third kappa shape index (κ3) is 9.33. The van der Waals surface area contributed by atoms with Crippen molar-refractivity contribution in [2.75, 3.05) is 26.9 Å². The van der Waals surface area contributed by atoms with Crippen LogP contribution in [0.25, 0.3) is 0 Å². The highest BCUT2D eigenvalue weighted by molar-refractivity contribution is 14.1. The summed E-state index contributed by atoms with van der Waals surface area (Å²) in [4.78, 5) is 14.1. The van der Waals surface area contributed by atoms with Gasteiger partial charge < -0.3 is 53.8 Å². The minimum absolute atomic E-state index is 0.00292. The van der Waals surface area contributed by atoms with Crippen LogP contribution in [-0.2, 0) is 42.7 Å². The summed E-state index contributed by atoms with van der Waals surface area (Å²) in [6, 6.07) is 0. The lowest BCUT2D eigenvalue weighted by Crippen LogP contribution is -2.63. The first-order chi connectivity index (χ1) is 26.0. The van der Waals surface area contributed by atoms with E-state index in [9.17, 15) is 15.0 Å². The van der Waals surface area contributed by atoms with Crippen molar-refractivity contribution < 1.29 is 52.9 Å². The molecule has 0 spiro atoms. The average Bonchev–Trinajstić information content (AvgIpc) is 3.83. The molecular formula is C41H64INO11. The van der Waals surface area contributed by atoms with Gasteiger partial charge in [-0.2, -0.15) is 0 Å². The van der Waals surface area contributed by atoms with Gasteiger partial charge in [-0.25, -0.2) is 0 Å². The van der Waals surface area contributed by atoms with Crippen LogP contribution in [-0.4, -0.2) is 138 Å². The van der Waals surface area contributed by atoms with Gasteiger partial charge in [0, 0.05) is 58.5 Å². The monoisotopic (exact) mass is 873 g/mol. The summed E-state index contributed by atoms with van der Waals surface area (Å²) in [6.07, 6.45) is 4.17. The molecule has 11 unspecified atom stereocenters. The zero-order valence-corrected chi connectivity index (χ0v) is 34.3. The fourth-order valence-electron chi connectivity index (χ4n) is 10.3. The van der Waals surface area contributed by atoms with Crippen molar-refractivity contribution >= 4 is 28.4 Å². The molecule has 0 aromatic heterocycles. The highest BCUT2D eigenvalue weighted by Crippen LogP contribution is 2.44. The molecule has 0 aliphatic carbocycles. The molecule has 7 heterocycles. The smallest absolute Gasteiger partial charge is 0.135 e. The number of fused-ring (bicyclic) bond motifs is 6. The second-order valence-corrected chi connectivity index (χ2v) is 18.5. The summed E-state index contributed by atoms with van der Waals surface area (Å²) in [5.74, 6) is 0.131.